The van der Waals surface area contributed by atoms with Gasteiger partial charge in [-0.3, -0.25) is 4.90 Å². The van der Waals surface area contributed by atoms with E-state index in [2.05, 4.69) is 25.7 Å². The third-order valence-corrected chi connectivity index (χ3v) is 2.54. The minimum Gasteiger partial charge on any atom is -0.394 e. The molecule has 0 saturated carbocycles. The van der Waals surface area contributed by atoms with E-state index in [0.29, 0.717) is 12.7 Å². The zero-order valence-corrected chi connectivity index (χ0v) is 8.92. The molecule has 1 fully saturated rings. The molecular formula is C10H21NO2. The van der Waals surface area contributed by atoms with Crippen LogP contribution in [0.3, 0.4) is 0 Å². The van der Waals surface area contributed by atoms with Gasteiger partial charge in [0.15, 0.2) is 0 Å². The van der Waals surface area contributed by atoms with Gasteiger partial charge in [-0.15, -0.1) is 0 Å². The molecule has 0 spiro atoms. The molecule has 1 saturated heterocycles. The van der Waals surface area contributed by atoms with Crippen LogP contribution in [-0.2, 0) is 4.74 Å². The second-order valence-corrected chi connectivity index (χ2v) is 4.62. The van der Waals surface area contributed by atoms with Crippen LogP contribution in [0.15, 0.2) is 0 Å². The van der Waals surface area contributed by atoms with E-state index in [-0.39, 0.29) is 12.1 Å². The first kappa shape index (κ1) is 11.0. The normalized spacial score (nSPS) is 25.4. The Labute approximate surface area is 80.7 Å². The van der Waals surface area contributed by atoms with E-state index in [4.69, 9.17) is 9.84 Å². The highest BCUT2D eigenvalue weighted by Gasteiger charge is 2.30. The molecule has 0 aromatic rings. The van der Waals surface area contributed by atoms with Crippen molar-refractivity contribution >= 4 is 0 Å². The van der Waals surface area contributed by atoms with Gasteiger partial charge in [0.25, 0.3) is 0 Å². The summed E-state index contributed by atoms with van der Waals surface area (Å²) in [5.74, 6) is 0. The van der Waals surface area contributed by atoms with Gasteiger partial charge in [-0.2, -0.15) is 0 Å². The summed E-state index contributed by atoms with van der Waals surface area (Å²) in [5, 5.41) is 8.61. The van der Waals surface area contributed by atoms with E-state index in [1.54, 1.807) is 0 Å². The van der Waals surface area contributed by atoms with Crippen LogP contribution in [0.2, 0.25) is 0 Å². The van der Waals surface area contributed by atoms with Crippen molar-refractivity contribution in [1.29, 1.82) is 0 Å². The number of aliphatic hydroxyl groups is 1. The first-order valence-corrected chi connectivity index (χ1v) is 5.01. The maximum Gasteiger partial charge on any atom is 0.0715 e. The molecule has 3 nitrogen and oxygen atoms in total. The van der Waals surface area contributed by atoms with E-state index >= 15 is 0 Å². The number of hydrogen-bond acceptors (Lipinski definition) is 3. The molecule has 0 bridgehead atoms. The minimum atomic E-state index is 0.131. The second kappa shape index (κ2) is 4.40. The molecule has 3 heteroatoms. The summed E-state index contributed by atoms with van der Waals surface area (Å²) in [6.07, 6.45) is 1.42. The van der Waals surface area contributed by atoms with Crippen LogP contribution >= 0.6 is 0 Å². The first-order chi connectivity index (χ1) is 6.04. The van der Waals surface area contributed by atoms with Crippen molar-refractivity contribution in [3.8, 4) is 0 Å². The Bertz CT molecular complexity index is 153. The molecular weight excluding hydrogens is 166 g/mol. The molecule has 78 valence electrons. The molecule has 1 atom stereocenters. The summed E-state index contributed by atoms with van der Waals surface area (Å²) in [7, 11) is 0. The molecule has 0 amide bonds. The Balaban J connectivity index is 2.28. The van der Waals surface area contributed by atoms with Crippen molar-refractivity contribution in [3.05, 3.63) is 0 Å². The summed E-state index contributed by atoms with van der Waals surface area (Å²) < 4.78 is 5.49. The zero-order chi connectivity index (χ0) is 9.90. The van der Waals surface area contributed by atoms with E-state index in [0.717, 1.165) is 19.5 Å². The van der Waals surface area contributed by atoms with Crippen molar-refractivity contribution in [2.24, 2.45) is 0 Å². The fourth-order valence-corrected chi connectivity index (χ4v) is 1.69. The van der Waals surface area contributed by atoms with Crippen LogP contribution in [-0.4, -0.2) is 48.0 Å². The van der Waals surface area contributed by atoms with Crippen LogP contribution in [0, 0.1) is 0 Å². The van der Waals surface area contributed by atoms with Gasteiger partial charge in [-0.25, -0.2) is 0 Å². The molecule has 0 radical (unpaired) electrons. The molecule has 1 aliphatic heterocycles. The summed E-state index contributed by atoms with van der Waals surface area (Å²) in [6, 6.07) is 0. The molecule has 1 N–H and O–H groups in total. The number of rotatable bonds is 3. The first-order valence-electron chi connectivity index (χ1n) is 5.01. The van der Waals surface area contributed by atoms with Gasteiger partial charge in [0.2, 0.25) is 0 Å². The number of hydrogen-bond donors (Lipinski definition) is 1. The van der Waals surface area contributed by atoms with Crippen LogP contribution in [0.25, 0.3) is 0 Å². The lowest BCUT2D eigenvalue weighted by molar-refractivity contribution is 0.0275. The predicted molar refractivity (Wildman–Crippen MR) is 52.8 cm³/mol. The van der Waals surface area contributed by atoms with Gasteiger partial charge >= 0.3 is 0 Å². The molecule has 1 unspecified atom stereocenters. The average Bonchev–Trinajstić information content (AvgIpc) is 2.47. The van der Waals surface area contributed by atoms with E-state index in [1.807, 2.05) is 0 Å². The molecule has 0 aromatic heterocycles. The zero-order valence-electron chi connectivity index (χ0n) is 8.92. The lowest BCUT2D eigenvalue weighted by atomic mass is 10.1. The highest BCUT2D eigenvalue weighted by Crippen LogP contribution is 2.21. The number of aliphatic hydroxyl groups excluding tert-OH is 1. The van der Waals surface area contributed by atoms with Crippen LogP contribution < -0.4 is 0 Å². The van der Waals surface area contributed by atoms with Gasteiger partial charge in [0.05, 0.1) is 19.3 Å². The van der Waals surface area contributed by atoms with E-state index in [9.17, 15) is 0 Å². The van der Waals surface area contributed by atoms with E-state index in [1.165, 1.54) is 0 Å². The number of likely N-dealkylation sites (tertiary alicyclic amines) is 1. The van der Waals surface area contributed by atoms with Crippen molar-refractivity contribution in [2.75, 3.05) is 26.3 Å². The highest BCUT2D eigenvalue weighted by atomic mass is 16.5. The Morgan fingerprint density at radius 1 is 1.46 bits per heavy atom. The van der Waals surface area contributed by atoms with Gasteiger partial charge < -0.3 is 9.84 Å². The average molecular weight is 187 g/mol. The van der Waals surface area contributed by atoms with Gasteiger partial charge in [-0.1, -0.05) is 0 Å². The maximum absolute atomic E-state index is 8.61. The summed E-state index contributed by atoms with van der Waals surface area (Å²) in [5.41, 5.74) is 0.247. The fraction of sp³-hybridized carbons (Fsp3) is 1.00. The lowest BCUT2D eigenvalue weighted by Gasteiger charge is -2.31. The van der Waals surface area contributed by atoms with Crippen molar-refractivity contribution in [2.45, 2.75) is 38.8 Å². The number of ether oxygens (including phenoxy) is 1. The molecule has 1 heterocycles. The Morgan fingerprint density at radius 3 is 2.62 bits per heavy atom. The standard InChI is InChI=1S/C10H21NO2/c1-10(2,3)11-5-4-9(8-11)13-7-6-12/h9,12H,4-8H2,1-3H3. The maximum atomic E-state index is 8.61. The molecule has 1 aliphatic rings. The number of nitrogens with zero attached hydrogens (tertiary/aromatic N) is 1. The highest BCUT2D eigenvalue weighted by molar-refractivity contribution is 4.85. The quantitative estimate of drug-likeness (QED) is 0.711. The predicted octanol–water partition coefficient (Wildman–Crippen LogP) is 0.868. The summed E-state index contributed by atoms with van der Waals surface area (Å²) in [6.45, 7) is 9.39. The lowest BCUT2D eigenvalue weighted by Crippen LogP contribution is -2.40. The van der Waals surface area contributed by atoms with Crippen LogP contribution in [0.1, 0.15) is 27.2 Å². The van der Waals surface area contributed by atoms with Gasteiger partial charge in [-0.05, 0) is 27.2 Å². The Kier molecular flexibility index (Phi) is 3.71. The van der Waals surface area contributed by atoms with Crippen LogP contribution in [0.5, 0.6) is 0 Å². The Morgan fingerprint density at radius 2 is 2.15 bits per heavy atom. The van der Waals surface area contributed by atoms with Gasteiger partial charge in [0.1, 0.15) is 0 Å². The van der Waals surface area contributed by atoms with E-state index < -0.39 is 0 Å². The van der Waals surface area contributed by atoms with Crippen LogP contribution in [0.4, 0.5) is 0 Å². The van der Waals surface area contributed by atoms with Gasteiger partial charge in [0, 0.05) is 18.6 Å². The van der Waals surface area contributed by atoms with Crippen molar-refractivity contribution in [1.82, 2.24) is 4.90 Å². The topological polar surface area (TPSA) is 32.7 Å². The molecule has 13 heavy (non-hydrogen) atoms. The molecule has 0 aromatic carbocycles. The third-order valence-electron chi connectivity index (χ3n) is 2.54. The molecule has 0 aliphatic carbocycles. The third kappa shape index (κ3) is 3.25. The SMILES string of the molecule is CC(C)(C)N1CCC(OCCO)C1. The monoisotopic (exact) mass is 187 g/mol. The fourth-order valence-electron chi connectivity index (χ4n) is 1.69. The molecule has 1 rings (SSSR count). The smallest absolute Gasteiger partial charge is 0.0715 e. The second-order valence-electron chi connectivity index (χ2n) is 4.62. The summed E-state index contributed by atoms with van der Waals surface area (Å²) in [4.78, 5) is 2.43. The van der Waals surface area contributed by atoms with Crippen molar-refractivity contribution < 1.29 is 9.84 Å². The summed E-state index contributed by atoms with van der Waals surface area (Å²) >= 11 is 0. The largest absolute Gasteiger partial charge is 0.394 e. The minimum absolute atomic E-state index is 0.131. The Hall–Kier alpha value is -0.120. The van der Waals surface area contributed by atoms with Crippen molar-refractivity contribution in [3.63, 3.8) is 0 Å².